The summed E-state index contributed by atoms with van der Waals surface area (Å²) in [5.74, 6) is -1.02. The van der Waals surface area contributed by atoms with Crippen molar-refractivity contribution < 1.29 is 81.2 Å². The third-order valence-electron chi connectivity index (χ3n) is 19.5. The van der Waals surface area contributed by atoms with E-state index in [1.807, 2.05) is 121 Å². The van der Waals surface area contributed by atoms with Crippen LogP contribution in [0.5, 0.6) is 0 Å². The summed E-state index contributed by atoms with van der Waals surface area (Å²) >= 11 is 3.44. The molecule has 0 saturated carbocycles. The first kappa shape index (κ1) is 96.1. The number of nitrogens with two attached hydrogens (primary N) is 1. The van der Waals surface area contributed by atoms with E-state index in [0.29, 0.717) is 97.0 Å². The highest BCUT2D eigenvalue weighted by atomic mass is 35.5. The van der Waals surface area contributed by atoms with Gasteiger partial charge in [0, 0.05) is 55.9 Å². The van der Waals surface area contributed by atoms with E-state index in [1.54, 1.807) is 23.5 Å². The van der Waals surface area contributed by atoms with E-state index in [4.69, 9.17) is 58.2 Å². The number of fused-ring (bicyclic) bond motifs is 6. The van der Waals surface area contributed by atoms with E-state index >= 15 is 0 Å². The number of esters is 2. The lowest BCUT2D eigenvalue weighted by atomic mass is 9.84. The molecule has 10 aromatic carbocycles. The zero-order chi connectivity index (χ0) is 83.2. The smallest absolute Gasteiger partial charge is 0.332 e. The number of carboxylic acids is 1. The zero-order valence-corrected chi connectivity index (χ0v) is 69.8. The Bertz CT molecular complexity index is 4400. The van der Waals surface area contributed by atoms with Crippen LogP contribution >= 0.6 is 35.9 Å². The summed E-state index contributed by atoms with van der Waals surface area (Å²) < 4.78 is 53.1. The van der Waals surface area contributed by atoms with Crippen LogP contribution in [0.1, 0.15) is 87.7 Å². The molecular weight excluding hydrogens is 1590 g/mol. The lowest BCUT2D eigenvalue weighted by molar-refractivity contribution is -0.150. The van der Waals surface area contributed by atoms with Gasteiger partial charge in [-0.2, -0.15) is 0 Å². The van der Waals surface area contributed by atoms with Crippen molar-refractivity contribution in [3.8, 4) is 22.3 Å². The molecule has 24 heteroatoms. The number of aliphatic carboxylic acids is 1. The topological polar surface area (TPSA) is 277 Å². The van der Waals surface area contributed by atoms with Gasteiger partial charge >= 0.3 is 17.9 Å². The molecule has 2 aliphatic rings. The maximum atomic E-state index is 12.8. The number of carbonyl (C=O) groups excluding carboxylic acids is 5. The van der Waals surface area contributed by atoms with Crippen molar-refractivity contribution in [2.75, 3.05) is 157 Å². The number of carbonyl (C=O) groups is 6. The average Bonchev–Trinajstić information content (AvgIpc) is 1.65. The van der Waals surface area contributed by atoms with Crippen LogP contribution in [0.4, 0.5) is 0 Å². The van der Waals surface area contributed by atoms with Gasteiger partial charge in [-0.3, -0.25) is 19.2 Å². The van der Waals surface area contributed by atoms with E-state index in [-0.39, 0.29) is 122 Å². The quantitative estimate of drug-likeness (QED) is 0.0135. The highest BCUT2D eigenvalue weighted by Gasteiger charge is 2.39. The van der Waals surface area contributed by atoms with Gasteiger partial charge in [-0.1, -0.05) is 286 Å². The van der Waals surface area contributed by atoms with E-state index in [2.05, 4.69) is 174 Å². The Balaban J connectivity index is 0.000000248. The molecule has 2 aliphatic carbocycles. The monoisotopic (exact) mass is 1700 g/mol. The lowest BCUT2D eigenvalue weighted by Crippen LogP contribution is -2.31. The normalized spacial score (nSPS) is 11.7. The van der Waals surface area contributed by atoms with Crippen LogP contribution in [0.15, 0.2) is 279 Å². The van der Waals surface area contributed by atoms with E-state index < -0.39 is 27.4 Å². The Morgan fingerprint density at radius 3 is 0.851 bits per heavy atom. The van der Waals surface area contributed by atoms with Crippen LogP contribution in [0, 0.1) is 0 Å². The molecule has 0 aromatic heterocycles. The summed E-state index contributed by atoms with van der Waals surface area (Å²) in [7, 11) is 0. The van der Waals surface area contributed by atoms with Gasteiger partial charge in [-0.05, 0) is 77.9 Å². The van der Waals surface area contributed by atoms with Crippen LogP contribution in [0.2, 0.25) is 0 Å². The van der Waals surface area contributed by atoms with Crippen molar-refractivity contribution in [1.82, 2.24) is 16.0 Å². The molecule has 0 unspecified atom stereocenters. The summed E-state index contributed by atoms with van der Waals surface area (Å²) in [6.45, 7) is 5.46. The third-order valence-corrected chi connectivity index (χ3v) is 22.6. The average molecular weight is 1700 g/mol. The maximum absolute atomic E-state index is 12.8. The van der Waals surface area contributed by atoms with Crippen LogP contribution in [-0.2, 0) is 85.6 Å². The highest BCUT2D eigenvalue weighted by Crippen LogP contribution is 2.51. The molecule has 0 heterocycles. The van der Waals surface area contributed by atoms with Crippen LogP contribution in [0.3, 0.4) is 0 Å². The number of thioether (sulfide) groups is 2. The number of hydrogen-bond acceptors (Lipinski definition) is 19. The number of ether oxygens (including phenoxy) is 10. The second-order valence-corrected chi connectivity index (χ2v) is 30.1. The number of carboxylic acid groups (broad SMARTS) is 1. The number of amides is 3. The first-order chi connectivity index (χ1) is 58.5. The number of nitrogens with one attached hydrogen (secondary N) is 3. The highest BCUT2D eigenvalue weighted by molar-refractivity contribution is 8.00. The predicted molar refractivity (Wildman–Crippen MR) is 478 cm³/mol. The van der Waals surface area contributed by atoms with Gasteiger partial charge in [0.25, 0.3) is 0 Å². The summed E-state index contributed by atoms with van der Waals surface area (Å²) in [5, 5.41) is 17.5. The summed E-state index contributed by atoms with van der Waals surface area (Å²) in [6.07, 6.45) is 0.509. The van der Waals surface area contributed by atoms with Crippen molar-refractivity contribution in [1.29, 1.82) is 0 Å². The Hall–Kier alpha value is -10.4. The van der Waals surface area contributed by atoms with Crippen molar-refractivity contribution in [3.63, 3.8) is 0 Å². The number of benzene rings is 10. The SMILES string of the molecule is C.Cl.NCCOCCOCCNC(=O)COCCOCC(=O)OCC1c2ccccc2-c2ccccc21.O=C(CCSC(c1ccccc1)(c1ccccc1)c1ccccc1)NCCOCCOCCNC(=O)COCCOCC(=O)OCC1c2ccccc2-c2ccccc21.O=C(O)CCSC(c1ccccc1)(c1ccccc1)c1ccccc1. The predicted octanol–water partition coefficient (Wildman–Crippen LogP) is 14.5. The van der Waals surface area contributed by atoms with Gasteiger partial charge in [-0.25, -0.2) is 9.59 Å². The molecule has 0 atom stereocenters. The van der Waals surface area contributed by atoms with Crippen LogP contribution in [-0.4, -0.2) is 197 Å². The van der Waals surface area contributed by atoms with Crippen molar-refractivity contribution in [2.45, 2.75) is 41.6 Å². The molecule has 21 nitrogen and oxygen atoms in total. The van der Waals surface area contributed by atoms with E-state index in [1.165, 1.54) is 38.9 Å². The van der Waals surface area contributed by atoms with Crippen molar-refractivity contribution in [3.05, 3.63) is 335 Å². The van der Waals surface area contributed by atoms with Crippen molar-refractivity contribution in [2.24, 2.45) is 5.73 Å². The number of rotatable bonds is 49. The molecule has 10 aromatic rings. The van der Waals surface area contributed by atoms with Gasteiger partial charge in [0.2, 0.25) is 17.7 Å². The second kappa shape index (κ2) is 54.1. The Labute approximate surface area is 725 Å². The molecule has 640 valence electrons. The molecule has 0 aliphatic heterocycles. The van der Waals surface area contributed by atoms with Gasteiger partial charge in [0.1, 0.15) is 39.6 Å². The molecule has 3 amide bonds. The molecule has 0 bridgehead atoms. The van der Waals surface area contributed by atoms with E-state index in [0.717, 1.165) is 38.9 Å². The maximum Gasteiger partial charge on any atom is 0.332 e. The molecule has 0 spiro atoms. The Morgan fingerprint density at radius 1 is 0.314 bits per heavy atom. The van der Waals surface area contributed by atoms with Gasteiger partial charge < -0.3 is 74.2 Å². The minimum atomic E-state index is -0.768. The molecule has 0 fully saturated rings. The van der Waals surface area contributed by atoms with Crippen molar-refractivity contribution >= 4 is 71.6 Å². The van der Waals surface area contributed by atoms with E-state index in [9.17, 15) is 28.8 Å². The molecule has 121 heavy (non-hydrogen) atoms. The molecule has 0 radical (unpaired) electrons. The fourth-order valence-corrected chi connectivity index (χ4v) is 17.0. The minimum Gasteiger partial charge on any atom is -0.481 e. The Kier molecular flexibility index (Phi) is 43.0. The molecule has 12 rings (SSSR count). The lowest BCUT2D eigenvalue weighted by Gasteiger charge is -2.35. The third kappa shape index (κ3) is 29.8. The number of halogens is 1. The number of hydrogen-bond donors (Lipinski definition) is 5. The zero-order valence-electron chi connectivity index (χ0n) is 67.4. The van der Waals surface area contributed by atoms with Gasteiger partial charge in [0.05, 0.1) is 95.2 Å². The van der Waals surface area contributed by atoms with Gasteiger partial charge in [-0.15, -0.1) is 35.9 Å². The van der Waals surface area contributed by atoms with Gasteiger partial charge in [0.15, 0.2) is 0 Å². The minimum absolute atomic E-state index is 0. The largest absolute Gasteiger partial charge is 0.481 e. The molecule has 0 saturated heterocycles. The fraction of sp³-hybridized carbons (Fsp3) is 0.320. The fourth-order valence-electron chi connectivity index (χ4n) is 14.0. The first-order valence-corrected chi connectivity index (χ1v) is 42.1. The summed E-state index contributed by atoms with van der Waals surface area (Å²) in [5.41, 5.74) is 21.6. The Morgan fingerprint density at radius 2 is 0.562 bits per heavy atom. The summed E-state index contributed by atoms with van der Waals surface area (Å²) in [4.78, 5) is 72.1. The van der Waals surface area contributed by atoms with Crippen LogP contribution < -0.4 is 21.7 Å². The molecule has 6 N–H and O–H groups in total. The van der Waals surface area contributed by atoms with Crippen LogP contribution in [0.25, 0.3) is 22.3 Å². The molecular formula is C97H111ClN4O17S2. The second-order valence-electron chi connectivity index (χ2n) is 27.5. The summed E-state index contributed by atoms with van der Waals surface area (Å²) in [6, 6.07) is 95.0. The first-order valence-electron chi connectivity index (χ1n) is 40.1. The standard InChI is InChI=1S/C48H52N2O8S.C26H34N2O7.C22H20O2S.CH4.ClH/c51-45(24-33-59-48(37-14-4-1-5-15-37,38-16-6-2-7-17-38)39-18-8-3-9-19-39)49-25-27-54-29-30-55-28-26-50-46(52)35-56-31-32-57-36-47(53)58-34-44-42-22-12-10-20-40(42)41-21-11-13-23-43(41)44;27-9-11-31-13-14-32-12-10-28-25(29)18-33-15-16-34-19-26(30)35-17-24-22-7-3-1-5-20(22)21-6-2-4-8-23(21)24;23-21(24)16-17-25-22(18-10-4-1-5-11-18,19-12-6-2-7-13-19)20-14-8-3-9-15-20;;/h1-23,44H,24-36H2,(H,49,51)(H,50,52);1-8,24H,9-19,27H2,(H,28,29);1-15H,16-17H2,(H,23,24);1H4;1H.